The molecule has 1 N–H and O–H groups in total. The lowest BCUT2D eigenvalue weighted by molar-refractivity contribution is -0.153. The second-order valence-corrected chi connectivity index (χ2v) is 5.43. The van der Waals surface area contributed by atoms with Crippen LogP contribution in [0.3, 0.4) is 0 Å². The Bertz CT molecular complexity index is 403. The van der Waals surface area contributed by atoms with E-state index in [0.29, 0.717) is 12.0 Å². The summed E-state index contributed by atoms with van der Waals surface area (Å²) >= 11 is 0. The van der Waals surface area contributed by atoms with Crippen LogP contribution in [-0.2, 0) is 0 Å². The van der Waals surface area contributed by atoms with Crippen molar-refractivity contribution in [3.8, 4) is 5.75 Å². The van der Waals surface area contributed by atoms with Gasteiger partial charge in [-0.15, -0.1) is 0 Å². The summed E-state index contributed by atoms with van der Waals surface area (Å²) in [4.78, 5) is 0. The third-order valence-corrected chi connectivity index (χ3v) is 3.50. The molecule has 0 fully saturated rings. The molecule has 2 atom stereocenters. The van der Waals surface area contributed by atoms with E-state index < -0.39 is 12.8 Å². The molecule has 1 rings (SSSR count). The van der Waals surface area contributed by atoms with Gasteiger partial charge in [0.15, 0.2) is 6.61 Å². The molecule has 1 aromatic carbocycles. The summed E-state index contributed by atoms with van der Waals surface area (Å²) in [6.45, 7) is 5.26. The van der Waals surface area contributed by atoms with Gasteiger partial charge in [-0.1, -0.05) is 27.2 Å². The Morgan fingerprint density at radius 3 is 2.19 bits per heavy atom. The Labute approximate surface area is 124 Å². The van der Waals surface area contributed by atoms with Crippen LogP contribution in [0, 0.1) is 5.92 Å². The van der Waals surface area contributed by atoms with E-state index in [9.17, 15) is 13.2 Å². The number of alkyl halides is 3. The second kappa shape index (κ2) is 8.15. The van der Waals surface area contributed by atoms with Crippen LogP contribution < -0.4 is 10.1 Å². The van der Waals surface area contributed by atoms with Gasteiger partial charge in [0.25, 0.3) is 0 Å². The summed E-state index contributed by atoms with van der Waals surface area (Å²) in [6.07, 6.45) is -1.07. The highest BCUT2D eigenvalue weighted by molar-refractivity contribution is 5.47. The molecule has 0 aliphatic rings. The number of benzene rings is 1. The lowest BCUT2D eigenvalue weighted by atomic mass is 9.97. The molecule has 0 amide bonds. The van der Waals surface area contributed by atoms with Gasteiger partial charge < -0.3 is 10.1 Å². The van der Waals surface area contributed by atoms with Crippen LogP contribution in [0.25, 0.3) is 0 Å². The largest absolute Gasteiger partial charge is 0.484 e. The predicted molar refractivity (Wildman–Crippen MR) is 79.8 cm³/mol. The van der Waals surface area contributed by atoms with E-state index in [1.807, 2.05) is 0 Å². The normalized spacial score (nSPS) is 14.6. The Hall–Kier alpha value is -1.39. The third-order valence-electron chi connectivity index (χ3n) is 3.50. The summed E-state index contributed by atoms with van der Waals surface area (Å²) in [5, 5.41) is 3.42. The van der Waals surface area contributed by atoms with Crippen molar-refractivity contribution in [2.75, 3.05) is 11.9 Å². The Morgan fingerprint density at radius 1 is 1.10 bits per heavy atom. The molecule has 21 heavy (non-hydrogen) atoms. The molecular formula is C16H24F3NO. The van der Waals surface area contributed by atoms with E-state index >= 15 is 0 Å². The molecule has 5 heteroatoms. The van der Waals surface area contributed by atoms with Gasteiger partial charge >= 0.3 is 6.18 Å². The quantitative estimate of drug-likeness (QED) is 0.707. The number of nitrogens with one attached hydrogen (secondary N) is 1. The first-order valence-corrected chi connectivity index (χ1v) is 7.40. The maximum Gasteiger partial charge on any atom is 0.422 e. The monoisotopic (exact) mass is 303 g/mol. The van der Waals surface area contributed by atoms with Gasteiger partial charge in [0, 0.05) is 11.7 Å². The van der Waals surface area contributed by atoms with Gasteiger partial charge in [-0.05, 0) is 43.0 Å². The average Bonchev–Trinajstić information content (AvgIpc) is 2.44. The van der Waals surface area contributed by atoms with Crippen LogP contribution in [0.1, 0.15) is 40.0 Å². The fraction of sp³-hybridized carbons (Fsp3) is 0.625. The SMILES string of the molecule is CCC(C)CC(CC)Nc1ccc(OCC(F)(F)F)cc1. The second-order valence-electron chi connectivity index (χ2n) is 5.43. The zero-order chi connectivity index (χ0) is 15.9. The Balaban J connectivity index is 2.53. The van der Waals surface area contributed by atoms with Gasteiger partial charge in [0.2, 0.25) is 0 Å². The standard InChI is InChI=1S/C16H24F3NO/c1-4-12(3)10-13(5-2)20-14-6-8-15(9-7-14)21-11-16(17,18)19/h6-9,12-13,20H,4-5,10-11H2,1-3H3. The van der Waals surface area contributed by atoms with Gasteiger partial charge in [0.05, 0.1) is 0 Å². The lowest BCUT2D eigenvalue weighted by Crippen LogP contribution is -2.21. The Morgan fingerprint density at radius 2 is 1.71 bits per heavy atom. The molecule has 0 aromatic heterocycles. The summed E-state index contributed by atoms with van der Waals surface area (Å²) in [5.41, 5.74) is 0.907. The van der Waals surface area contributed by atoms with Crippen molar-refractivity contribution in [1.29, 1.82) is 0 Å². The Kier molecular flexibility index (Phi) is 6.85. The summed E-state index contributed by atoms with van der Waals surface area (Å²) in [7, 11) is 0. The minimum absolute atomic E-state index is 0.229. The maximum atomic E-state index is 12.1. The minimum Gasteiger partial charge on any atom is -0.484 e. The van der Waals surface area contributed by atoms with E-state index in [4.69, 9.17) is 0 Å². The van der Waals surface area contributed by atoms with Crippen molar-refractivity contribution in [2.45, 2.75) is 52.3 Å². The highest BCUT2D eigenvalue weighted by atomic mass is 19.4. The highest BCUT2D eigenvalue weighted by Crippen LogP contribution is 2.22. The van der Waals surface area contributed by atoms with E-state index in [0.717, 1.165) is 24.9 Å². The van der Waals surface area contributed by atoms with Crippen LogP contribution in [0.5, 0.6) is 5.75 Å². The van der Waals surface area contributed by atoms with E-state index in [1.54, 1.807) is 24.3 Å². The highest BCUT2D eigenvalue weighted by Gasteiger charge is 2.28. The number of hydrogen-bond donors (Lipinski definition) is 1. The zero-order valence-electron chi connectivity index (χ0n) is 12.8. The molecule has 0 radical (unpaired) electrons. The first kappa shape index (κ1) is 17.7. The topological polar surface area (TPSA) is 21.3 Å². The fourth-order valence-electron chi connectivity index (χ4n) is 2.03. The van der Waals surface area contributed by atoms with Gasteiger partial charge in [0.1, 0.15) is 5.75 Å². The van der Waals surface area contributed by atoms with Crippen molar-refractivity contribution in [2.24, 2.45) is 5.92 Å². The van der Waals surface area contributed by atoms with Crippen LogP contribution in [-0.4, -0.2) is 18.8 Å². The molecule has 0 saturated heterocycles. The summed E-state index contributed by atoms with van der Waals surface area (Å²) in [5.74, 6) is 0.879. The van der Waals surface area contributed by atoms with E-state index in [2.05, 4.69) is 30.8 Å². The summed E-state index contributed by atoms with van der Waals surface area (Å²) < 4.78 is 40.9. The number of ether oxygens (including phenoxy) is 1. The van der Waals surface area contributed by atoms with Gasteiger partial charge in [-0.25, -0.2) is 0 Å². The molecule has 0 spiro atoms. The average molecular weight is 303 g/mol. The zero-order valence-corrected chi connectivity index (χ0v) is 12.8. The molecule has 120 valence electrons. The predicted octanol–water partition coefficient (Wildman–Crippen LogP) is 5.25. The van der Waals surface area contributed by atoms with Crippen molar-refractivity contribution in [3.05, 3.63) is 24.3 Å². The van der Waals surface area contributed by atoms with Gasteiger partial charge in [-0.3, -0.25) is 0 Å². The number of hydrogen-bond acceptors (Lipinski definition) is 2. The van der Waals surface area contributed by atoms with E-state index in [-0.39, 0.29) is 5.75 Å². The number of anilines is 1. The number of halogens is 3. The van der Waals surface area contributed by atoms with Crippen LogP contribution in [0.15, 0.2) is 24.3 Å². The number of rotatable bonds is 8. The molecule has 0 heterocycles. The maximum absolute atomic E-state index is 12.1. The molecular weight excluding hydrogens is 279 g/mol. The molecule has 0 bridgehead atoms. The molecule has 1 aromatic rings. The molecule has 0 saturated carbocycles. The van der Waals surface area contributed by atoms with Crippen molar-refractivity contribution in [1.82, 2.24) is 0 Å². The molecule has 0 aliphatic heterocycles. The van der Waals surface area contributed by atoms with Gasteiger partial charge in [-0.2, -0.15) is 13.2 Å². The fourth-order valence-corrected chi connectivity index (χ4v) is 2.03. The lowest BCUT2D eigenvalue weighted by Gasteiger charge is -2.21. The first-order valence-electron chi connectivity index (χ1n) is 7.40. The molecule has 0 aliphatic carbocycles. The molecule has 2 nitrogen and oxygen atoms in total. The van der Waals surface area contributed by atoms with Crippen molar-refractivity contribution >= 4 is 5.69 Å². The first-order chi connectivity index (χ1) is 9.84. The van der Waals surface area contributed by atoms with E-state index in [1.165, 1.54) is 0 Å². The summed E-state index contributed by atoms with van der Waals surface area (Å²) in [6, 6.07) is 7.01. The smallest absolute Gasteiger partial charge is 0.422 e. The van der Waals surface area contributed by atoms with Crippen LogP contribution >= 0.6 is 0 Å². The molecule has 2 unspecified atom stereocenters. The third kappa shape index (κ3) is 7.25. The van der Waals surface area contributed by atoms with Crippen LogP contribution in [0.4, 0.5) is 18.9 Å². The minimum atomic E-state index is -4.31. The van der Waals surface area contributed by atoms with Crippen LogP contribution in [0.2, 0.25) is 0 Å². The van der Waals surface area contributed by atoms with Crippen molar-refractivity contribution in [3.63, 3.8) is 0 Å². The van der Waals surface area contributed by atoms with Crippen molar-refractivity contribution < 1.29 is 17.9 Å².